The van der Waals surface area contributed by atoms with Crippen LogP contribution < -0.4 is 16.3 Å². The van der Waals surface area contributed by atoms with Crippen LogP contribution in [0.3, 0.4) is 0 Å². The number of carboxylic acids is 1. The second kappa shape index (κ2) is 6.40. The first kappa shape index (κ1) is 14.5. The zero-order valence-electron chi connectivity index (χ0n) is 9.53. The zero-order chi connectivity index (χ0) is 14.4. The average molecular weight is 281 g/mol. The Morgan fingerprint density at radius 3 is 2.63 bits per heavy atom. The van der Waals surface area contributed by atoms with Gasteiger partial charge in [-0.3, -0.25) is 15.5 Å². The van der Waals surface area contributed by atoms with Crippen LogP contribution in [0.25, 0.3) is 0 Å². The lowest BCUT2D eigenvalue weighted by Crippen LogP contribution is -2.36. The number of nitrogens with two attached hydrogens (primary N) is 1. The second-order valence-corrected chi connectivity index (χ2v) is 3.82. The molecule has 1 aromatic rings. The summed E-state index contributed by atoms with van der Waals surface area (Å²) in [6.45, 7) is 0. The highest BCUT2D eigenvalue weighted by Gasteiger charge is 2.15. The third-order valence-electron chi connectivity index (χ3n) is 2.08. The van der Waals surface area contributed by atoms with Gasteiger partial charge in [-0.1, -0.05) is 18.2 Å². The number of thiocarbonyl (C=S) groups is 1. The van der Waals surface area contributed by atoms with Crippen LogP contribution in [0.15, 0.2) is 29.4 Å². The highest BCUT2D eigenvalue weighted by molar-refractivity contribution is 7.80. The van der Waals surface area contributed by atoms with Gasteiger partial charge in [-0.25, -0.2) is 0 Å². The maximum Gasteiger partial charge on any atom is 0.272 e. The van der Waals surface area contributed by atoms with Crippen molar-refractivity contribution in [2.24, 2.45) is 10.8 Å². The number of hydrogen-bond acceptors (Lipinski definition) is 6. The molecule has 0 heterocycles. The number of carbonyl (C=O) groups is 1. The van der Waals surface area contributed by atoms with Crippen LogP contribution in [0, 0.1) is 10.1 Å². The maximum absolute atomic E-state index is 10.9. The molecular formula is C10H9N4O4S-. The predicted molar refractivity (Wildman–Crippen MR) is 69.2 cm³/mol. The first-order chi connectivity index (χ1) is 8.91. The first-order valence-electron chi connectivity index (χ1n) is 4.97. The number of aliphatic carboxylic acids is 1. The van der Waals surface area contributed by atoms with E-state index in [4.69, 9.17) is 5.73 Å². The summed E-state index contributed by atoms with van der Waals surface area (Å²) in [5.41, 5.74) is 6.76. The summed E-state index contributed by atoms with van der Waals surface area (Å²) >= 11 is 4.47. The topological polar surface area (TPSA) is 134 Å². The first-order valence-corrected chi connectivity index (χ1v) is 5.38. The molecule has 0 bridgehead atoms. The average Bonchev–Trinajstić information content (AvgIpc) is 2.34. The van der Waals surface area contributed by atoms with Crippen molar-refractivity contribution in [3.05, 3.63) is 39.9 Å². The summed E-state index contributed by atoms with van der Waals surface area (Å²) in [6, 6.07) is 5.72. The number of hydrogen-bond donors (Lipinski definition) is 2. The number of nitrogens with zero attached hydrogens (tertiary/aromatic N) is 2. The van der Waals surface area contributed by atoms with Gasteiger partial charge in [-0.15, -0.1) is 0 Å². The summed E-state index contributed by atoms with van der Waals surface area (Å²) in [6.07, 6.45) is -0.283. The van der Waals surface area contributed by atoms with Crippen molar-refractivity contribution >= 4 is 34.7 Å². The van der Waals surface area contributed by atoms with E-state index >= 15 is 0 Å². The number of nitrogens with one attached hydrogen (secondary N) is 1. The number of hydrazone groups is 1. The summed E-state index contributed by atoms with van der Waals surface area (Å²) in [7, 11) is 0. The molecule has 0 amide bonds. The molecule has 0 fully saturated rings. The second-order valence-electron chi connectivity index (χ2n) is 3.38. The van der Waals surface area contributed by atoms with E-state index in [9.17, 15) is 20.0 Å². The lowest BCUT2D eigenvalue weighted by Gasteiger charge is -2.08. The molecule has 100 valence electrons. The number of benzene rings is 1. The van der Waals surface area contributed by atoms with E-state index in [-0.39, 0.29) is 22.8 Å². The Morgan fingerprint density at radius 1 is 1.47 bits per heavy atom. The Morgan fingerprint density at radius 2 is 2.11 bits per heavy atom. The number of nitro benzene ring substituents is 1. The maximum atomic E-state index is 10.9. The Kier molecular flexibility index (Phi) is 4.89. The molecule has 0 aliphatic carbocycles. The minimum Gasteiger partial charge on any atom is -0.543 e. The van der Waals surface area contributed by atoms with Crippen LogP contribution >= 0.6 is 12.2 Å². The Bertz CT molecular complexity index is 558. The molecule has 3 N–H and O–H groups in total. The molecule has 0 aromatic heterocycles. The van der Waals surface area contributed by atoms with Crippen molar-refractivity contribution in [2.75, 3.05) is 0 Å². The smallest absolute Gasteiger partial charge is 0.272 e. The van der Waals surface area contributed by atoms with Crippen LogP contribution in [0.1, 0.15) is 5.56 Å². The van der Waals surface area contributed by atoms with Crippen molar-refractivity contribution in [3.8, 4) is 0 Å². The standard InChI is InChI=1S/C10H10N4O4S/c11-10(19)13-12-7(9(15)16)5-6-3-1-2-4-8(6)14(17)18/h1-4H,5H2,(H,15,16)(H3,11,13,19)/p-1. The Labute approximate surface area is 113 Å². The van der Waals surface area contributed by atoms with Crippen molar-refractivity contribution in [1.82, 2.24) is 5.43 Å². The molecule has 0 atom stereocenters. The van der Waals surface area contributed by atoms with Crippen LogP contribution in [-0.4, -0.2) is 21.7 Å². The zero-order valence-corrected chi connectivity index (χ0v) is 10.3. The molecule has 8 nitrogen and oxygen atoms in total. The largest absolute Gasteiger partial charge is 0.543 e. The molecule has 0 spiro atoms. The van der Waals surface area contributed by atoms with Gasteiger partial charge >= 0.3 is 0 Å². The quantitative estimate of drug-likeness (QED) is 0.308. The van der Waals surface area contributed by atoms with Gasteiger partial charge in [0.1, 0.15) is 0 Å². The lowest BCUT2D eigenvalue weighted by atomic mass is 10.1. The fourth-order valence-electron chi connectivity index (χ4n) is 1.30. The number of carbonyl (C=O) groups excluding carboxylic acids is 1. The molecule has 0 unspecified atom stereocenters. The minimum atomic E-state index is -1.57. The molecular weight excluding hydrogens is 272 g/mol. The third kappa shape index (κ3) is 4.32. The molecule has 0 saturated carbocycles. The van der Waals surface area contributed by atoms with Crippen molar-refractivity contribution < 1.29 is 14.8 Å². The summed E-state index contributed by atoms with van der Waals surface area (Å²) in [5, 5.41) is 24.9. The van der Waals surface area contributed by atoms with E-state index in [2.05, 4.69) is 22.7 Å². The number of carboxylic acid groups (broad SMARTS) is 1. The fourth-order valence-corrected chi connectivity index (χ4v) is 1.34. The van der Waals surface area contributed by atoms with Crippen LogP contribution in [0.2, 0.25) is 0 Å². The summed E-state index contributed by atoms with van der Waals surface area (Å²) in [4.78, 5) is 21.0. The fraction of sp³-hybridized carbons (Fsp3) is 0.100. The number of nitro groups is 1. The minimum absolute atomic E-state index is 0.195. The lowest BCUT2D eigenvalue weighted by molar-refractivity contribution is -0.385. The molecule has 19 heavy (non-hydrogen) atoms. The summed E-state index contributed by atoms with van der Waals surface area (Å²) < 4.78 is 0. The van der Waals surface area contributed by atoms with Crippen molar-refractivity contribution in [3.63, 3.8) is 0 Å². The Hall–Kier alpha value is -2.55. The van der Waals surface area contributed by atoms with Gasteiger partial charge in [0.05, 0.1) is 16.6 Å². The van der Waals surface area contributed by atoms with E-state index in [1.807, 2.05) is 0 Å². The molecule has 0 aliphatic heterocycles. The third-order valence-corrected chi connectivity index (χ3v) is 2.17. The van der Waals surface area contributed by atoms with Gasteiger partial charge in [-0.2, -0.15) is 5.10 Å². The van der Waals surface area contributed by atoms with Crippen LogP contribution in [0.4, 0.5) is 5.69 Å². The Balaban J connectivity index is 3.04. The van der Waals surface area contributed by atoms with Gasteiger partial charge < -0.3 is 15.6 Å². The highest BCUT2D eigenvalue weighted by Crippen LogP contribution is 2.18. The van der Waals surface area contributed by atoms with Crippen molar-refractivity contribution in [2.45, 2.75) is 6.42 Å². The molecule has 9 heteroatoms. The van der Waals surface area contributed by atoms with Crippen LogP contribution in [-0.2, 0) is 11.2 Å². The van der Waals surface area contributed by atoms with Gasteiger partial charge in [-0.05, 0) is 12.2 Å². The molecule has 0 radical (unpaired) electrons. The molecule has 0 saturated heterocycles. The normalized spacial score (nSPS) is 10.8. The monoisotopic (exact) mass is 281 g/mol. The van der Waals surface area contributed by atoms with Gasteiger partial charge in [0.25, 0.3) is 5.69 Å². The van der Waals surface area contributed by atoms with E-state index < -0.39 is 16.6 Å². The highest BCUT2D eigenvalue weighted by atomic mass is 32.1. The molecule has 0 aliphatic rings. The number of rotatable bonds is 5. The van der Waals surface area contributed by atoms with Crippen molar-refractivity contribution in [1.29, 1.82) is 0 Å². The molecule has 1 rings (SSSR count). The van der Waals surface area contributed by atoms with Gasteiger partial charge in [0.2, 0.25) is 0 Å². The number of para-hydroxylation sites is 1. The van der Waals surface area contributed by atoms with Crippen LogP contribution in [0.5, 0.6) is 0 Å². The van der Waals surface area contributed by atoms with Gasteiger partial charge in [0, 0.05) is 18.1 Å². The van der Waals surface area contributed by atoms with E-state index in [1.54, 1.807) is 6.07 Å². The predicted octanol–water partition coefficient (Wildman–Crippen LogP) is -0.924. The molecule has 1 aromatic carbocycles. The van der Waals surface area contributed by atoms with E-state index in [0.717, 1.165) is 0 Å². The van der Waals surface area contributed by atoms with Gasteiger partial charge in [0.15, 0.2) is 5.11 Å². The summed E-state index contributed by atoms with van der Waals surface area (Å²) in [5.74, 6) is -1.57. The van der Waals surface area contributed by atoms with E-state index in [0.29, 0.717) is 0 Å². The van der Waals surface area contributed by atoms with E-state index in [1.165, 1.54) is 18.2 Å². The SMILES string of the molecule is NC(=S)NN=C(Cc1ccccc1[N+](=O)[O-])C(=O)[O-].